The number of hydrogen-bond donors (Lipinski definition) is 1. The van der Waals surface area contributed by atoms with Gasteiger partial charge in [0.2, 0.25) is 5.88 Å². The first kappa shape index (κ1) is 31.1. The van der Waals surface area contributed by atoms with Crippen molar-refractivity contribution < 1.29 is 14.3 Å². The molecule has 1 amide bonds. The number of nitrogens with two attached hydrogens (primary N) is 1. The van der Waals surface area contributed by atoms with E-state index >= 15 is 0 Å². The number of amides is 1. The number of nitrogens with zero attached hydrogens (tertiary/aromatic N) is 7. The minimum absolute atomic E-state index is 0.0762. The lowest BCUT2D eigenvalue weighted by Crippen LogP contribution is -2.43. The number of nitriles is 1. The maximum absolute atomic E-state index is 13.0. The first-order chi connectivity index (χ1) is 23.2. The molecule has 0 bridgehead atoms. The van der Waals surface area contributed by atoms with Crippen LogP contribution < -0.4 is 15.4 Å². The second-order valence-electron chi connectivity index (χ2n) is 14.7. The molecule has 1 spiro atoms. The summed E-state index contributed by atoms with van der Waals surface area (Å²) in [7, 11) is 3.54. The molecule has 5 aliphatic rings. The van der Waals surface area contributed by atoms with Crippen LogP contribution in [-0.4, -0.2) is 76.3 Å². The van der Waals surface area contributed by atoms with E-state index in [9.17, 15) is 10.1 Å². The Morgan fingerprint density at radius 2 is 1.94 bits per heavy atom. The monoisotopic (exact) mass is 650 g/mol. The number of aryl methyl sites for hydroxylation is 2. The number of rotatable bonds is 5. The van der Waals surface area contributed by atoms with E-state index < -0.39 is 5.60 Å². The van der Waals surface area contributed by atoms with Crippen LogP contribution in [0.5, 0.6) is 5.88 Å². The highest BCUT2D eigenvalue weighted by atomic mass is 16.5. The Bertz CT molecular complexity index is 1820. The standard InChI is InChI=1S/C37H46N8O3/c1-24-31-21-43(14-7-17-45(31)41-34(24)35(46)42(2)3)30-18-32(47-23-36-11-5-15-44(36)16-6-12-36)40-29-19-37(48-22-27(29)30)13-4-8-25-9-10-28(39)26(20-38)33(25)37/h9-10,18H,4-8,11-17,19,21-23,39H2,1-3H3. The topological polar surface area (TPSA) is 126 Å². The lowest BCUT2D eigenvalue weighted by atomic mass is 9.72. The van der Waals surface area contributed by atoms with Gasteiger partial charge in [0.15, 0.2) is 5.69 Å². The molecule has 1 unspecified atom stereocenters. The molecule has 0 radical (unpaired) electrons. The van der Waals surface area contributed by atoms with E-state index in [2.05, 4.69) is 28.0 Å². The zero-order valence-electron chi connectivity index (χ0n) is 28.5. The summed E-state index contributed by atoms with van der Waals surface area (Å²) in [4.78, 5) is 24.8. The number of carbonyl (C=O) groups is 1. The van der Waals surface area contributed by atoms with Gasteiger partial charge in [0, 0.05) is 67.7 Å². The largest absolute Gasteiger partial charge is 0.476 e. The lowest BCUT2D eigenvalue weighted by Gasteiger charge is -2.43. The van der Waals surface area contributed by atoms with Gasteiger partial charge in [-0.1, -0.05) is 6.07 Å². The van der Waals surface area contributed by atoms with Gasteiger partial charge < -0.3 is 25.0 Å². The van der Waals surface area contributed by atoms with E-state index in [0.717, 1.165) is 91.2 Å². The van der Waals surface area contributed by atoms with Crippen molar-refractivity contribution in [1.29, 1.82) is 5.26 Å². The Labute approximate surface area is 282 Å². The van der Waals surface area contributed by atoms with Crippen molar-refractivity contribution in [3.63, 3.8) is 0 Å². The lowest BCUT2D eigenvalue weighted by molar-refractivity contribution is -0.0855. The van der Waals surface area contributed by atoms with Crippen molar-refractivity contribution >= 4 is 17.3 Å². The third kappa shape index (κ3) is 4.95. The van der Waals surface area contributed by atoms with Crippen LogP contribution in [0.1, 0.15) is 94.6 Å². The molecule has 8 rings (SSSR count). The van der Waals surface area contributed by atoms with Crippen molar-refractivity contribution in [3.8, 4) is 11.9 Å². The van der Waals surface area contributed by atoms with Crippen LogP contribution in [-0.2, 0) is 42.9 Å². The van der Waals surface area contributed by atoms with Gasteiger partial charge in [0.1, 0.15) is 18.3 Å². The summed E-state index contributed by atoms with van der Waals surface area (Å²) in [6, 6.07) is 8.44. The average Bonchev–Trinajstić information content (AvgIpc) is 3.70. The molecule has 1 atom stereocenters. The molecule has 2 aromatic heterocycles. The Morgan fingerprint density at radius 1 is 1.12 bits per heavy atom. The van der Waals surface area contributed by atoms with Crippen molar-refractivity contribution in [2.75, 3.05) is 51.0 Å². The number of anilines is 2. The second kappa shape index (κ2) is 11.8. The molecule has 2 fully saturated rings. The van der Waals surface area contributed by atoms with Gasteiger partial charge in [0.05, 0.1) is 35.6 Å². The first-order valence-electron chi connectivity index (χ1n) is 17.6. The van der Waals surface area contributed by atoms with Crippen molar-refractivity contribution in [2.45, 2.75) is 95.5 Å². The van der Waals surface area contributed by atoms with Crippen molar-refractivity contribution in [1.82, 2.24) is 24.6 Å². The van der Waals surface area contributed by atoms with Gasteiger partial charge in [-0.3, -0.25) is 14.4 Å². The van der Waals surface area contributed by atoms with E-state index in [1.54, 1.807) is 19.0 Å². The number of ether oxygens (including phenoxy) is 2. The summed E-state index contributed by atoms with van der Waals surface area (Å²) in [5.41, 5.74) is 14.5. The number of hydrogen-bond acceptors (Lipinski definition) is 9. The van der Waals surface area contributed by atoms with Gasteiger partial charge in [-0.25, -0.2) is 4.98 Å². The Balaban J connectivity index is 1.20. The van der Waals surface area contributed by atoms with Crippen LogP contribution >= 0.6 is 0 Å². The molecule has 6 heterocycles. The average molecular weight is 651 g/mol. The SMILES string of the molecule is Cc1c(C(=O)N(C)C)nn2c1CN(c1cc(OCC34CCCN3CCC4)nc3c1COC1(CCCc4ccc(N)c(C#N)c41)C3)CCC2. The highest BCUT2D eigenvalue weighted by Gasteiger charge is 2.46. The molecule has 11 heteroatoms. The van der Waals surface area contributed by atoms with E-state index in [1.807, 2.05) is 17.7 Å². The predicted molar refractivity (Wildman–Crippen MR) is 182 cm³/mol. The number of carbonyl (C=O) groups excluding carboxylic acids is 1. The molecule has 3 aromatic rings. The summed E-state index contributed by atoms with van der Waals surface area (Å²) in [6.07, 6.45) is 8.90. The quantitative estimate of drug-likeness (QED) is 0.399. The summed E-state index contributed by atoms with van der Waals surface area (Å²) >= 11 is 0. The molecule has 0 saturated carbocycles. The smallest absolute Gasteiger partial charge is 0.274 e. The number of fused-ring (bicyclic) bond motifs is 5. The van der Waals surface area contributed by atoms with Gasteiger partial charge in [-0.15, -0.1) is 0 Å². The molecule has 1 aliphatic carbocycles. The number of nitrogen functional groups attached to an aromatic ring is 1. The molecule has 4 aliphatic heterocycles. The second-order valence-corrected chi connectivity index (χ2v) is 14.7. The third-order valence-corrected chi connectivity index (χ3v) is 11.7. The maximum atomic E-state index is 13.0. The molecule has 1 aromatic carbocycles. The normalized spacial score (nSPS) is 22.8. The maximum Gasteiger partial charge on any atom is 0.274 e. The van der Waals surface area contributed by atoms with E-state index in [4.69, 9.17) is 25.3 Å². The van der Waals surface area contributed by atoms with E-state index in [-0.39, 0.29) is 11.4 Å². The summed E-state index contributed by atoms with van der Waals surface area (Å²) in [6.45, 7) is 7.52. The number of aromatic nitrogens is 3. The van der Waals surface area contributed by atoms with Crippen molar-refractivity contribution in [2.24, 2.45) is 0 Å². The first-order valence-corrected chi connectivity index (χ1v) is 17.6. The molecule has 11 nitrogen and oxygen atoms in total. The van der Waals surface area contributed by atoms with Gasteiger partial charge >= 0.3 is 0 Å². The highest BCUT2D eigenvalue weighted by Crippen LogP contribution is 2.49. The molecule has 252 valence electrons. The van der Waals surface area contributed by atoms with Gasteiger partial charge in [0.25, 0.3) is 5.91 Å². The van der Waals surface area contributed by atoms with Crippen molar-refractivity contribution in [3.05, 3.63) is 63.1 Å². The third-order valence-electron chi connectivity index (χ3n) is 11.7. The fourth-order valence-corrected chi connectivity index (χ4v) is 9.23. The Morgan fingerprint density at radius 3 is 2.71 bits per heavy atom. The molecule has 48 heavy (non-hydrogen) atoms. The Hall–Kier alpha value is -4.14. The molecule has 2 saturated heterocycles. The fraction of sp³-hybridized carbons (Fsp3) is 0.568. The van der Waals surface area contributed by atoms with Crippen LogP contribution in [0.2, 0.25) is 0 Å². The fourth-order valence-electron chi connectivity index (χ4n) is 9.23. The summed E-state index contributed by atoms with van der Waals surface area (Å²) < 4.78 is 15.7. The molecule has 2 N–H and O–H groups in total. The molecular weight excluding hydrogens is 604 g/mol. The number of benzene rings is 1. The van der Waals surface area contributed by atoms with Gasteiger partial charge in [-0.05, 0) is 83.0 Å². The van der Waals surface area contributed by atoms with Gasteiger partial charge in [-0.2, -0.15) is 10.4 Å². The van der Waals surface area contributed by atoms with E-state index in [0.29, 0.717) is 49.0 Å². The summed E-state index contributed by atoms with van der Waals surface area (Å²) in [5, 5.41) is 15.0. The van der Waals surface area contributed by atoms with Crippen LogP contribution in [0.15, 0.2) is 18.2 Å². The van der Waals surface area contributed by atoms with Crippen LogP contribution in [0.4, 0.5) is 11.4 Å². The molecular formula is C37H46N8O3. The zero-order chi connectivity index (χ0) is 33.2. The number of pyridine rings is 1. The van der Waals surface area contributed by atoms with E-state index in [1.165, 1.54) is 25.7 Å². The minimum Gasteiger partial charge on any atom is -0.476 e. The van der Waals surface area contributed by atoms with Crippen LogP contribution in [0.25, 0.3) is 0 Å². The van der Waals surface area contributed by atoms with Crippen LogP contribution in [0, 0.1) is 18.3 Å². The predicted octanol–water partition coefficient (Wildman–Crippen LogP) is 4.46. The minimum atomic E-state index is -0.661. The highest BCUT2D eigenvalue weighted by molar-refractivity contribution is 5.93. The summed E-state index contributed by atoms with van der Waals surface area (Å²) in [5.74, 6) is 0.573. The van der Waals surface area contributed by atoms with Crippen LogP contribution in [0.3, 0.4) is 0 Å². The Kier molecular flexibility index (Phi) is 7.64. The zero-order valence-corrected chi connectivity index (χ0v) is 28.5.